The third-order valence-electron chi connectivity index (χ3n) is 6.23. The van der Waals surface area contributed by atoms with E-state index in [4.69, 9.17) is 14.2 Å². The molecule has 0 radical (unpaired) electrons. The summed E-state index contributed by atoms with van der Waals surface area (Å²) in [6.07, 6.45) is 1.66. The number of ketones is 1. The molecular formula is C27H30N2O6. The van der Waals surface area contributed by atoms with Crippen molar-refractivity contribution in [3.8, 4) is 11.5 Å². The lowest BCUT2D eigenvalue weighted by molar-refractivity contribution is -0.140. The molecule has 4 rings (SSSR count). The van der Waals surface area contributed by atoms with Crippen LogP contribution in [-0.4, -0.2) is 79.7 Å². The molecule has 1 atom stereocenters. The van der Waals surface area contributed by atoms with E-state index in [-0.39, 0.29) is 11.3 Å². The fourth-order valence-electron chi connectivity index (χ4n) is 4.34. The largest absolute Gasteiger partial charge is 0.507 e. The van der Waals surface area contributed by atoms with Gasteiger partial charge in [0.1, 0.15) is 23.9 Å². The summed E-state index contributed by atoms with van der Waals surface area (Å²) >= 11 is 0. The van der Waals surface area contributed by atoms with Crippen LogP contribution in [0.5, 0.6) is 11.5 Å². The van der Waals surface area contributed by atoms with Crippen molar-refractivity contribution in [2.75, 3.05) is 53.1 Å². The number of ether oxygens (including phenoxy) is 3. The number of rotatable bonds is 9. The van der Waals surface area contributed by atoms with Crippen molar-refractivity contribution in [2.45, 2.75) is 6.04 Å². The summed E-state index contributed by atoms with van der Waals surface area (Å²) in [7, 11) is 1.55. The number of methoxy groups -OCH3 is 1. The van der Waals surface area contributed by atoms with Crippen molar-refractivity contribution in [3.63, 3.8) is 0 Å². The van der Waals surface area contributed by atoms with Gasteiger partial charge < -0.3 is 24.2 Å². The number of aliphatic hydroxyl groups is 1. The number of carbonyl (C=O) groups is 2. The number of benzene rings is 2. The number of carbonyl (C=O) groups excluding carboxylic acids is 2. The second-order valence-electron chi connectivity index (χ2n) is 8.34. The highest BCUT2D eigenvalue weighted by Crippen LogP contribution is 2.40. The Hall–Kier alpha value is -3.62. The van der Waals surface area contributed by atoms with Crippen molar-refractivity contribution in [1.82, 2.24) is 9.80 Å². The molecule has 2 heterocycles. The molecule has 1 N–H and O–H groups in total. The summed E-state index contributed by atoms with van der Waals surface area (Å²) in [4.78, 5) is 30.1. The van der Waals surface area contributed by atoms with Crippen LogP contribution in [0, 0.1) is 0 Å². The standard InChI is InChI=1S/C27H30N2O6/c1-3-16-35-22-10-4-19(5-11-22)24-23(25(30)20-6-8-21(33-2)9-7-20)26(31)27(32)29(24)13-12-28-14-17-34-18-15-28/h3-11,24,30H,1,12-18H2,2H3/b25-23+. The van der Waals surface area contributed by atoms with Crippen LogP contribution in [0.3, 0.4) is 0 Å². The van der Waals surface area contributed by atoms with Crippen molar-refractivity contribution < 1.29 is 28.9 Å². The average molecular weight is 479 g/mol. The van der Waals surface area contributed by atoms with E-state index < -0.39 is 17.7 Å². The van der Waals surface area contributed by atoms with E-state index in [0.717, 1.165) is 13.1 Å². The summed E-state index contributed by atoms with van der Waals surface area (Å²) in [6.45, 7) is 7.81. The molecule has 2 aromatic rings. The van der Waals surface area contributed by atoms with Gasteiger partial charge in [0, 0.05) is 31.7 Å². The molecule has 0 saturated carbocycles. The van der Waals surface area contributed by atoms with E-state index in [2.05, 4.69) is 11.5 Å². The number of hydrogen-bond acceptors (Lipinski definition) is 7. The lowest BCUT2D eigenvalue weighted by Gasteiger charge is -2.31. The molecule has 1 unspecified atom stereocenters. The van der Waals surface area contributed by atoms with Gasteiger partial charge in [-0.2, -0.15) is 0 Å². The molecule has 35 heavy (non-hydrogen) atoms. The smallest absolute Gasteiger partial charge is 0.295 e. The van der Waals surface area contributed by atoms with Crippen LogP contribution in [0.2, 0.25) is 0 Å². The quantitative estimate of drug-likeness (QED) is 0.257. The average Bonchev–Trinajstić information content (AvgIpc) is 3.16. The van der Waals surface area contributed by atoms with Crippen LogP contribution in [0.25, 0.3) is 5.76 Å². The minimum atomic E-state index is -0.716. The van der Waals surface area contributed by atoms with Crippen LogP contribution in [-0.2, 0) is 14.3 Å². The van der Waals surface area contributed by atoms with E-state index in [0.29, 0.717) is 55.5 Å². The normalized spacial score (nSPS) is 20.1. The molecule has 2 aromatic carbocycles. The van der Waals surface area contributed by atoms with Crippen molar-refractivity contribution in [3.05, 3.63) is 77.9 Å². The number of hydrogen-bond donors (Lipinski definition) is 1. The maximum Gasteiger partial charge on any atom is 0.295 e. The first-order valence-electron chi connectivity index (χ1n) is 11.6. The van der Waals surface area contributed by atoms with Gasteiger partial charge >= 0.3 is 0 Å². The predicted octanol–water partition coefficient (Wildman–Crippen LogP) is 3.01. The van der Waals surface area contributed by atoms with Gasteiger partial charge in [-0.15, -0.1) is 0 Å². The SMILES string of the molecule is C=CCOc1ccc(C2/C(=C(\O)c3ccc(OC)cc3)C(=O)C(=O)N2CCN2CCOCC2)cc1. The Morgan fingerprint density at radius 3 is 2.34 bits per heavy atom. The Morgan fingerprint density at radius 1 is 1.06 bits per heavy atom. The third kappa shape index (κ3) is 5.39. The lowest BCUT2D eigenvalue weighted by Crippen LogP contribution is -2.42. The van der Waals surface area contributed by atoms with Crippen LogP contribution in [0.15, 0.2) is 66.8 Å². The first kappa shape index (κ1) is 24.5. The summed E-state index contributed by atoms with van der Waals surface area (Å²) in [5.41, 5.74) is 1.22. The number of aliphatic hydroxyl groups excluding tert-OH is 1. The van der Waals surface area contributed by atoms with E-state index in [9.17, 15) is 14.7 Å². The molecule has 2 saturated heterocycles. The summed E-state index contributed by atoms with van der Waals surface area (Å²) in [6, 6.07) is 13.2. The molecular weight excluding hydrogens is 448 g/mol. The third-order valence-corrected chi connectivity index (χ3v) is 6.23. The number of likely N-dealkylation sites (tertiary alicyclic amines) is 1. The van der Waals surface area contributed by atoms with Crippen LogP contribution in [0.4, 0.5) is 0 Å². The Bertz CT molecular complexity index is 1090. The van der Waals surface area contributed by atoms with E-state index >= 15 is 0 Å². The van der Waals surface area contributed by atoms with E-state index in [1.165, 1.54) is 0 Å². The molecule has 1 amide bonds. The zero-order valence-electron chi connectivity index (χ0n) is 19.8. The summed E-state index contributed by atoms with van der Waals surface area (Å²) in [5, 5.41) is 11.2. The molecule has 0 aromatic heterocycles. The van der Waals surface area contributed by atoms with E-state index in [1.54, 1.807) is 54.5 Å². The van der Waals surface area contributed by atoms with Crippen LogP contribution >= 0.6 is 0 Å². The first-order valence-corrected chi connectivity index (χ1v) is 11.6. The second kappa shape index (κ2) is 11.2. The van der Waals surface area contributed by atoms with Gasteiger partial charge in [-0.1, -0.05) is 24.8 Å². The molecule has 8 nitrogen and oxygen atoms in total. The second-order valence-corrected chi connectivity index (χ2v) is 8.34. The number of Topliss-reactive ketones (excluding diaryl/α,β-unsaturated/α-hetero) is 1. The monoisotopic (exact) mass is 478 g/mol. The minimum Gasteiger partial charge on any atom is -0.507 e. The Labute approximate surface area is 205 Å². The highest BCUT2D eigenvalue weighted by Gasteiger charge is 2.46. The number of morpholine rings is 1. The maximum absolute atomic E-state index is 13.2. The van der Waals surface area contributed by atoms with Crippen molar-refractivity contribution in [2.24, 2.45) is 0 Å². The van der Waals surface area contributed by atoms with Gasteiger partial charge in [0.05, 0.1) is 31.9 Å². The fourth-order valence-corrected chi connectivity index (χ4v) is 4.34. The number of amides is 1. The molecule has 2 aliphatic heterocycles. The van der Waals surface area contributed by atoms with Gasteiger partial charge in [-0.3, -0.25) is 14.5 Å². The van der Waals surface area contributed by atoms with Gasteiger partial charge in [0.15, 0.2) is 0 Å². The van der Waals surface area contributed by atoms with E-state index in [1.807, 2.05) is 12.1 Å². The molecule has 8 heteroatoms. The Balaban J connectivity index is 1.70. The molecule has 0 spiro atoms. The van der Waals surface area contributed by atoms with Gasteiger partial charge in [0.25, 0.3) is 11.7 Å². The lowest BCUT2D eigenvalue weighted by atomic mass is 9.95. The first-order chi connectivity index (χ1) is 17.0. The molecule has 184 valence electrons. The fraction of sp³-hybridized carbons (Fsp3) is 0.333. The van der Waals surface area contributed by atoms with Crippen molar-refractivity contribution in [1.29, 1.82) is 0 Å². The molecule has 2 fully saturated rings. The molecule has 2 aliphatic rings. The molecule has 0 bridgehead atoms. The predicted molar refractivity (Wildman–Crippen MR) is 131 cm³/mol. The summed E-state index contributed by atoms with van der Waals surface area (Å²) in [5.74, 6) is -0.257. The van der Waals surface area contributed by atoms with Crippen LogP contribution in [0.1, 0.15) is 17.2 Å². The van der Waals surface area contributed by atoms with Gasteiger partial charge in [-0.05, 0) is 42.0 Å². The minimum absolute atomic E-state index is 0.0712. The number of nitrogens with zero attached hydrogens (tertiary/aromatic N) is 2. The van der Waals surface area contributed by atoms with Gasteiger partial charge in [-0.25, -0.2) is 0 Å². The zero-order valence-corrected chi connectivity index (χ0v) is 19.8. The van der Waals surface area contributed by atoms with Crippen molar-refractivity contribution >= 4 is 17.4 Å². The highest BCUT2D eigenvalue weighted by atomic mass is 16.5. The molecule has 0 aliphatic carbocycles. The topological polar surface area (TPSA) is 88.5 Å². The van der Waals surface area contributed by atoms with Crippen LogP contribution < -0.4 is 9.47 Å². The zero-order chi connectivity index (χ0) is 24.8. The summed E-state index contributed by atoms with van der Waals surface area (Å²) < 4.78 is 16.2. The highest BCUT2D eigenvalue weighted by molar-refractivity contribution is 6.46. The van der Waals surface area contributed by atoms with Gasteiger partial charge in [0.2, 0.25) is 0 Å². The maximum atomic E-state index is 13.2. The Kier molecular flexibility index (Phi) is 7.84. The Morgan fingerprint density at radius 2 is 1.71 bits per heavy atom.